The van der Waals surface area contributed by atoms with Gasteiger partial charge in [0.1, 0.15) is 10.7 Å². The Hall–Kier alpha value is -1.90. The zero-order valence-corrected chi connectivity index (χ0v) is 14.2. The summed E-state index contributed by atoms with van der Waals surface area (Å²) in [4.78, 5) is 15.9. The van der Waals surface area contributed by atoms with E-state index in [2.05, 4.69) is 10.3 Å². The topological polar surface area (TPSA) is 42.0 Å². The molecule has 2 aromatic heterocycles. The molecule has 0 aliphatic rings. The summed E-state index contributed by atoms with van der Waals surface area (Å²) in [6.45, 7) is 0. The zero-order chi connectivity index (χ0) is 18.4. The minimum Gasteiger partial charge on any atom is -0.305 e. The fourth-order valence-corrected chi connectivity index (χ4v) is 3.68. The van der Waals surface area contributed by atoms with E-state index in [0.29, 0.717) is 22.3 Å². The van der Waals surface area contributed by atoms with Crippen molar-refractivity contribution in [2.45, 2.75) is 6.18 Å². The van der Waals surface area contributed by atoms with E-state index in [9.17, 15) is 22.4 Å². The molecule has 3 aromatic rings. The molecule has 0 atom stereocenters. The molecule has 0 radical (unpaired) electrons. The molecule has 2 heterocycles. The normalized spacial score (nSPS) is 11.8. The number of nitrogens with zero attached hydrogens (tertiary/aromatic N) is 1. The number of rotatable bonds is 2. The molecule has 0 unspecified atom stereocenters. The van der Waals surface area contributed by atoms with Gasteiger partial charge in [0.15, 0.2) is 5.82 Å². The van der Waals surface area contributed by atoms with Gasteiger partial charge in [-0.05, 0) is 24.3 Å². The van der Waals surface area contributed by atoms with Gasteiger partial charge in [0.25, 0.3) is 5.91 Å². The molecule has 10 heteroatoms. The van der Waals surface area contributed by atoms with E-state index in [-0.39, 0.29) is 20.7 Å². The number of pyridine rings is 1. The van der Waals surface area contributed by atoms with E-state index in [0.717, 1.165) is 11.3 Å². The van der Waals surface area contributed by atoms with Crippen molar-refractivity contribution in [1.29, 1.82) is 0 Å². The Balaban J connectivity index is 1.91. The lowest BCUT2D eigenvalue weighted by molar-refractivity contribution is -0.137. The largest absolute Gasteiger partial charge is 0.417 e. The average molecular weight is 409 g/mol. The van der Waals surface area contributed by atoms with E-state index >= 15 is 0 Å². The number of anilines is 1. The number of benzene rings is 1. The van der Waals surface area contributed by atoms with Gasteiger partial charge >= 0.3 is 6.18 Å². The number of thiophene rings is 1. The Morgan fingerprint density at radius 1 is 1.20 bits per heavy atom. The Morgan fingerprint density at radius 3 is 2.56 bits per heavy atom. The van der Waals surface area contributed by atoms with Gasteiger partial charge in [-0.3, -0.25) is 4.79 Å². The van der Waals surface area contributed by atoms with E-state index < -0.39 is 23.5 Å². The summed E-state index contributed by atoms with van der Waals surface area (Å²) >= 11 is 12.8. The summed E-state index contributed by atoms with van der Waals surface area (Å²) in [6, 6.07) is 4.53. The highest BCUT2D eigenvalue weighted by Crippen LogP contribution is 2.37. The van der Waals surface area contributed by atoms with Crippen molar-refractivity contribution < 1.29 is 22.4 Å². The van der Waals surface area contributed by atoms with Crippen molar-refractivity contribution in [2.24, 2.45) is 0 Å². The number of nitrogens with one attached hydrogen (secondary N) is 1. The molecule has 25 heavy (non-hydrogen) atoms. The van der Waals surface area contributed by atoms with Gasteiger partial charge in [-0.2, -0.15) is 13.2 Å². The molecule has 1 aromatic carbocycles. The highest BCUT2D eigenvalue weighted by molar-refractivity contribution is 7.21. The van der Waals surface area contributed by atoms with Crippen molar-refractivity contribution in [3.05, 3.63) is 56.8 Å². The lowest BCUT2D eigenvalue weighted by Gasteiger charge is -2.09. The maximum atomic E-state index is 13.3. The number of alkyl halides is 3. The highest BCUT2D eigenvalue weighted by Gasteiger charge is 2.31. The molecule has 1 N–H and O–H groups in total. The summed E-state index contributed by atoms with van der Waals surface area (Å²) in [6.07, 6.45) is -4.04. The lowest BCUT2D eigenvalue weighted by atomic mass is 10.2. The number of carbonyl (C=O) groups excluding carboxylic acids is 1. The number of hydrogen-bond donors (Lipinski definition) is 1. The van der Waals surface area contributed by atoms with Crippen molar-refractivity contribution >= 4 is 56.3 Å². The molecule has 1 amide bonds. The summed E-state index contributed by atoms with van der Waals surface area (Å²) in [5, 5.41) is 2.54. The number of hydrogen-bond acceptors (Lipinski definition) is 3. The monoisotopic (exact) mass is 408 g/mol. The van der Waals surface area contributed by atoms with Crippen molar-refractivity contribution in [3.8, 4) is 0 Å². The van der Waals surface area contributed by atoms with Gasteiger partial charge in [0, 0.05) is 16.3 Å². The van der Waals surface area contributed by atoms with Crippen LogP contribution < -0.4 is 5.32 Å². The molecule has 0 bridgehead atoms. The SMILES string of the molecule is O=C(Nc1ncc(C(F)(F)F)cc1Cl)c1sc2cc(F)ccc2c1Cl. The van der Waals surface area contributed by atoms with Gasteiger partial charge in [0.2, 0.25) is 0 Å². The van der Waals surface area contributed by atoms with Crippen LogP contribution >= 0.6 is 34.5 Å². The zero-order valence-electron chi connectivity index (χ0n) is 11.9. The second kappa shape index (κ2) is 6.44. The maximum Gasteiger partial charge on any atom is 0.417 e. The molecule has 3 nitrogen and oxygen atoms in total. The third kappa shape index (κ3) is 3.56. The Labute approximate surface area is 152 Å². The van der Waals surface area contributed by atoms with Gasteiger partial charge in [-0.1, -0.05) is 23.2 Å². The first-order valence-corrected chi connectivity index (χ1v) is 8.15. The summed E-state index contributed by atoms with van der Waals surface area (Å²) in [5.41, 5.74) is -1.04. The van der Waals surface area contributed by atoms with Gasteiger partial charge in [-0.15, -0.1) is 11.3 Å². The molecule has 0 aliphatic carbocycles. The highest BCUT2D eigenvalue weighted by atomic mass is 35.5. The van der Waals surface area contributed by atoms with Gasteiger partial charge in [0.05, 0.1) is 15.6 Å². The van der Waals surface area contributed by atoms with Crippen LogP contribution in [0.5, 0.6) is 0 Å². The summed E-state index contributed by atoms with van der Waals surface area (Å²) in [5.74, 6) is -1.43. The lowest BCUT2D eigenvalue weighted by Crippen LogP contribution is -2.13. The average Bonchev–Trinajstić information content (AvgIpc) is 2.84. The number of fused-ring (bicyclic) bond motifs is 1. The molecule has 130 valence electrons. The first-order valence-electron chi connectivity index (χ1n) is 6.58. The fraction of sp³-hybridized carbons (Fsp3) is 0.0667. The predicted octanol–water partition coefficient (Wildman–Crippen LogP) is 6.01. The van der Waals surface area contributed by atoms with E-state index in [4.69, 9.17) is 23.2 Å². The van der Waals surface area contributed by atoms with Crippen LogP contribution in [-0.2, 0) is 6.18 Å². The van der Waals surface area contributed by atoms with Crippen LogP contribution in [0.2, 0.25) is 10.0 Å². The van der Waals surface area contributed by atoms with Crippen LogP contribution in [0.15, 0.2) is 30.5 Å². The third-order valence-corrected chi connectivity index (χ3v) is 5.14. The first-order chi connectivity index (χ1) is 11.7. The van der Waals surface area contributed by atoms with E-state index in [1.165, 1.54) is 18.2 Å². The second-order valence-corrected chi connectivity index (χ2v) is 6.73. The van der Waals surface area contributed by atoms with Crippen LogP contribution in [0.3, 0.4) is 0 Å². The Kier molecular flexibility index (Phi) is 4.61. The van der Waals surface area contributed by atoms with Crippen LogP contribution in [0.25, 0.3) is 10.1 Å². The first kappa shape index (κ1) is 17.9. The minimum absolute atomic E-state index is 0.0695. The van der Waals surface area contributed by atoms with Crippen LogP contribution in [0, 0.1) is 5.82 Å². The van der Waals surface area contributed by atoms with Crippen molar-refractivity contribution in [1.82, 2.24) is 4.98 Å². The fourth-order valence-electron chi connectivity index (χ4n) is 2.03. The van der Waals surface area contributed by atoms with Crippen molar-refractivity contribution in [2.75, 3.05) is 5.32 Å². The van der Waals surface area contributed by atoms with Crippen molar-refractivity contribution in [3.63, 3.8) is 0 Å². The Morgan fingerprint density at radius 2 is 1.92 bits per heavy atom. The molecule has 0 saturated heterocycles. The minimum atomic E-state index is -4.60. The number of carbonyl (C=O) groups is 1. The third-order valence-electron chi connectivity index (χ3n) is 3.20. The predicted molar refractivity (Wildman–Crippen MR) is 89.0 cm³/mol. The number of aromatic nitrogens is 1. The van der Waals surface area contributed by atoms with Crippen LogP contribution in [-0.4, -0.2) is 10.9 Å². The number of amides is 1. The quantitative estimate of drug-likeness (QED) is 0.527. The van der Waals surface area contributed by atoms with E-state index in [1.807, 2.05) is 0 Å². The van der Waals surface area contributed by atoms with Crippen LogP contribution in [0.1, 0.15) is 15.2 Å². The van der Waals surface area contributed by atoms with Gasteiger partial charge < -0.3 is 5.32 Å². The van der Waals surface area contributed by atoms with E-state index in [1.54, 1.807) is 0 Å². The molecule has 0 saturated carbocycles. The molecule has 0 fully saturated rings. The van der Waals surface area contributed by atoms with Crippen LogP contribution in [0.4, 0.5) is 23.4 Å². The second-order valence-electron chi connectivity index (χ2n) is 4.89. The molecular weight excluding hydrogens is 403 g/mol. The molecule has 3 rings (SSSR count). The summed E-state index contributed by atoms with van der Waals surface area (Å²) in [7, 11) is 0. The standard InChI is InChI=1S/C15H6Cl2F4N2OS/c16-9-3-6(15(19,20)21)5-22-13(9)23-14(24)12-11(17)8-2-1-7(18)4-10(8)25-12/h1-5H,(H,22,23,24). The molecule has 0 spiro atoms. The smallest absolute Gasteiger partial charge is 0.305 e. The van der Waals surface area contributed by atoms with Gasteiger partial charge in [-0.25, -0.2) is 9.37 Å². The Bertz CT molecular complexity index is 988. The molecular formula is C15H6Cl2F4N2OS. The molecule has 0 aliphatic heterocycles. The number of halogens is 6. The maximum absolute atomic E-state index is 13.3. The summed E-state index contributed by atoms with van der Waals surface area (Å²) < 4.78 is 51.5.